The second kappa shape index (κ2) is 10.7. The molecule has 0 saturated carbocycles. The monoisotopic (exact) mass is 246 g/mol. The smallest absolute Gasteiger partial charge is 0.0852 e. The highest BCUT2D eigenvalue weighted by atomic mass is 32.2. The summed E-state index contributed by atoms with van der Waals surface area (Å²) in [6.45, 7) is 11.9. The van der Waals surface area contributed by atoms with Gasteiger partial charge in [0.15, 0.2) is 0 Å². The van der Waals surface area contributed by atoms with Crippen LogP contribution in [0.2, 0.25) is 0 Å². The summed E-state index contributed by atoms with van der Waals surface area (Å²) in [7, 11) is 0. The maximum absolute atomic E-state index is 5.88. The fourth-order valence-corrected chi connectivity index (χ4v) is 2.38. The summed E-state index contributed by atoms with van der Waals surface area (Å²) in [6, 6.07) is 0. The van der Waals surface area contributed by atoms with Crippen molar-refractivity contribution in [1.82, 2.24) is 0 Å². The first-order valence-corrected chi connectivity index (χ1v) is 7.65. The SMILES string of the molecule is C=CC(CSCC)OC(C=C)CSCC. The number of hydrogen-bond donors (Lipinski definition) is 0. The molecule has 2 unspecified atom stereocenters. The van der Waals surface area contributed by atoms with Gasteiger partial charge in [-0.15, -0.1) is 13.2 Å². The van der Waals surface area contributed by atoms with E-state index in [0.717, 1.165) is 23.0 Å². The van der Waals surface area contributed by atoms with Crippen molar-refractivity contribution in [1.29, 1.82) is 0 Å². The molecule has 0 bridgehead atoms. The van der Waals surface area contributed by atoms with Crippen LogP contribution in [-0.2, 0) is 4.74 Å². The minimum absolute atomic E-state index is 0.149. The van der Waals surface area contributed by atoms with Gasteiger partial charge in [0.2, 0.25) is 0 Å². The Morgan fingerprint density at radius 2 is 1.40 bits per heavy atom. The number of hydrogen-bond acceptors (Lipinski definition) is 3. The van der Waals surface area contributed by atoms with Gasteiger partial charge in [0.05, 0.1) is 12.2 Å². The number of ether oxygens (including phenoxy) is 1. The van der Waals surface area contributed by atoms with Crippen molar-refractivity contribution in [2.75, 3.05) is 23.0 Å². The Bertz CT molecular complexity index is 153. The van der Waals surface area contributed by atoms with Crippen molar-refractivity contribution >= 4 is 23.5 Å². The lowest BCUT2D eigenvalue weighted by atomic mass is 10.3. The van der Waals surface area contributed by atoms with Crippen molar-refractivity contribution in [3.63, 3.8) is 0 Å². The van der Waals surface area contributed by atoms with Crippen molar-refractivity contribution in [3.05, 3.63) is 25.3 Å². The van der Waals surface area contributed by atoms with Crippen LogP contribution in [-0.4, -0.2) is 35.2 Å². The van der Waals surface area contributed by atoms with Gasteiger partial charge in [0.25, 0.3) is 0 Å². The van der Waals surface area contributed by atoms with Crippen LogP contribution in [0.4, 0.5) is 0 Å². The first-order valence-electron chi connectivity index (χ1n) is 5.34. The van der Waals surface area contributed by atoms with Gasteiger partial charge in [-0.05, 0) is 11.5 Å². The third-order valence-electron chi connectivity index (χ3n) is 1.85. The Labute approximate surface area is 103 Å². The van der Waals surface area contributed by atoms with Gasteiger partial charge in [0, 0.05) is 11.5 Å². The largest absolute Gasteiger partial charge is 0.365 e. The van der Waals surface area contributed by atoms with Crippen LogP contribution in [0, 0.1) is 0 Å². The molecule has 0 heterocycles. The van der Waals surface area contributed by atoms with Crippen LogP contribution in [0.25, 0.3) is 0 Å². The lowest BCUT2D eigenvalue weighted by Gasteiger charge is -2.19. The molecule has 0 rings (SSSR count). The molecule has 0 aromatic rings. The zero-order chi connectivity index (χ0) is 11.5. The molecule has 0 aliphatic carbocycles. The maximum atomic E-state index is 5.88. The van der Waals surface area contributed by atoms with Gasteiger partial charge in [-0.3, -0.25) is 0 Å². The quantitative estimate of drug-likeness (QED) is 0.545. The molecule has 0 aromatic heterocycles. The van der Waals surface area contributed by atoms with Crippen molar-refractivity contribution in [2.45, 2.75) is 26.1 Å². The van der Waals surface area contributed by atoms with E-state index < -0.39 is 0 Å². The van der Waals surface area contributed by atoms with Gasteiger partial charge < -0.3 is 4.74 Å². The predicted octanol–water partition coefficient (Wildman–Crippen LogP) is 3.62. The summed E-state index contributed by atoms with van der Waals surface area (Å²) in [5.74, 6) is 4.22. The van der Waals surface area contributed by atoms with Gasteiger partial charge in [-0.2, -0.15) is 23.5 Å². The maximum Gasteiger partial charge on any atom is 0.0852 e. The molecule has 88 valence electrons. The molecular weight excluding hydrogens is 224 g/mol. The van der Waals surface area contributed by atoms with Crippen LogP contribution < -0.4 is 0 Å². The van der Waals surface area contributed by atoms with Crippen molar-refractivity contribution in [2.24, 2.45) is 0 Å². The van der Waals surface area contributed by atoms with Gasteiger partial charge in [0.1, 0.15) is 0 Å². The van der Waals surface area contributed by atoms with E-state index in [2.05, 4.69) is 27.0 Å². The molecule has 15 heavy (non-hydrogen) atoms. The lowest BCUT2D eigenvalue weighted by molar-refractivity contribution is 0.0690. The lowest BCUT2D eigenvalue weighted by Crippen LogP contribution is -2.22. The average Bonchev–Trinajstić information content (AvgIpc) is 2.28. The first kappa shape index (κ1) is 15.1. The van der Waals surface area contributed by atoms with E-state index in [1.165, 1.54) is 0 Å². The third-order valence-corrected chi connectivity index (χ3v) is 3.79. The molecule has 0 aromatic carbocycles. The molecule has 1 nitrogen and oxygen atoms in total. The Morgan fingerprint density at radius 1 is 1.00 bits per heavy atom. The van der Waals surface area contributed by atoms with E-state index in [0.29, 0.717) is 0 Å². The van der Waals surface area contributed by atoms with Gasteiger partial charge >= 0.3 is 0 Å². The van der Waals surface area contributed by atoms with Crippen LogP contribution in [0.15, 0.2) is 25.3 Å². The predicted molar refractivity (Wildman–Crippen MR) is 75.1 cm³/mol. The molecule has 0 aliphatic heterocycles. The highest BCUT2D eigenvalue weighted by Gasteiger charge is 2.10. The highest BCUT2D eigenvalue weighted by Crippen LogP contribution is 2.12. The molecular formula is C12H22OS2. The molecule has 0 N–H and O–H groups in total. The second-order valence-corrected chi connectivity index (χ2v) is 5.64. The highest BCUT2D eigenvalue weighted by molar-refractivity contribution is 7.99. The van der Waals surface area contributed by atoms with Gasteiger partial charge in [-0.25, -0.2) is 0 Å². The minimum Gasteiger partial charge on any atom is -0.365 e. The molecule has 2 atom stereocenters. The molecule has 0 fully saturated rings. The Morgan fingerprint density at radius 3 is 1.67 bits per heavy atom. The molecule has 0 aliphatic rings. The zero-order valence-electron chi connectivity index (χ0n) is 9.78. The first-order chi connectivity index (χ1) is 7.28. The zero-order valence-corrected chi connectivity index (χ0v) is 11.4. The van der Waals surface area contributed by atoms with E-state index in [-0.39, 0.29) is 12.2 Å². The Hall–Kier alpha value is 0.140. The fourth-order valence-electron chi connectivity index (χ4n) is 1.02. The van der Waals surface area contributed by atoms with Crippen LogP contribution >= 0.6 is 23.5 Å². The van der Waals surface area contributed by atoms with E-state index >= 15 is 0 Å². The summed E-state index contributed by atoms with van der Waals surface area (Å²) >= 11 is 3.76. The van der Waals surface area contributed by atoms with E-state index in [4.69, 9.17) is 4.74 Å². The Balaban J connectivity index is 3.88. The summed E-state index contributed by atoms with van der Waals surface area (Å²) in [5.41, 5.74) is 0. The van der Waals surface area contributed by atoms with E-state index in [1.54, 1.807) is 0 Å². The molecule has 0 radical (unpaired) electrons. The standard InChI is InChI=1S/C12H22OS2/c1-5-11(9-14-7-3)13-12(6-2)10-15-8-4/h5-6,11-12H,1-2,7-10H2,3-4H3. The van der Waals surface area contributed by atoms with Gasteiger partial charge in [-0.1, -0.05) is 26.0 Å². The summed E-state index contributed by atoms with van der Waals surface area (Å²) in [6.07, 6.45) is 4.07. The van der Waals surface area contributed by atoms with Crippen molar-refractivity contribution < 1.29 is 4.74 Å². The normalized spacial score (nSPS) is 14.5. The fraction of sp³-hybridized carbons (Fsp3) is 0.667. The topological polar surface area (TPSA) is 9.23 Å². The van der Waals surface area contributed by atoms with Crippen LogP contribution in [0.3, 0.4) is 0 Å². The molecule has 0 saturated heterocycles. The van der Waals surface area contributed by atoms with Crippen LogP contribution in [0.1, 0.15) is 13.8 Å². The Kier molecular flexibility index (Phi) is 10.8. The minimum atomic E-state index is 0.149. The van der Waals surface area contributed by atoms with E-state index in [1.807, 2.05) is 35.7 Å². The average molecular weight is 246 g/mol. The molecule has 0 spiro atoms. The summed E-state index contributed by atoms with van der Waals surface area (Å²) < 4.78 is 5.88. The second-order valence-electron chi connectivity index (χ2n) is 3.00. The van der Waals surface area contributed by atoms with E-state index in [9.17, 15) is 0 Å². The summed E-state index contributed by atoms with van der Waals surface area (Å²) in [5, 5.41) is 0. The molecule has 0 amide bonds. The van der Waals surface area contributed by atoms with Crippen LogP contribution in [0.5, 0.6) is 0 Å². The number of rotatable bonds is 10. The molecule has 3 heteroatoms. The third kappa shape index (κ3) is 8.00. The summed E-state index contributed by atoms with van der Waals surface area (Å²) in [4.78, 5) is 0. The number of thioether (sulfide) groups is 2. The van der Waals surface area contributed by atoms with Crippen molar-refractivity contribution in [3.8, 4) is 0 Å².